The van der Waals surface area contributed by atoms with Crippen molar-refractivity contribution >= 4 is 5.97 Å². The maximum atomic E-state index is 11.1. The van der Waals surface area contributed by atoms with Gasteiger partial charge in [-0.05, 0) is 31.9 Å². The van der Waals surface area contributed by atoms with Crippen molar-refractivity contribution in [2.75, 3.05) is 14.2 Å². The highest BCUT2D eigenvalue weighted by Gasteiger charge is 2.22. The second-order valence-corrected chi connectivity index (χ2v) is 4.93. The first-order valence-electron chi connectivity index (χ1n) is 6.56. The molecule has 1 aromatic rings. The van der Waals surface area contributed by atoms with E-state index in [9.17, 15) is 9.90 Å². The topological polar surface area (TPSA) is 81.8 Å². The molecule has 112 valence electrons. The lowest BCUT2D eigenvalue weighted by Gasteiger charge is -2.22. The zero-order chi connectivity index (χ0) is 15.3. The molecule has 0 aliphatic carbocycles. The van der Waals surface area contributed by atoms with Gasteiger partial charge in [-0.1, -0.05) is 11.6 Å². The molecule has 0 heterocycles. The number of esters is 1. The zero-order valence-corrected chi connectivity index (χ0v) is 12.5. The van der Waals surface area contributed by atoms with Crippen LogP contribution in [-0.2, 0) is 9.53 Å². The highest BCUT2D eigenvalue weighted by atomic mass is 16.5. The number of ether oxygens (including phenoxy) is 2. The molecule has 1 rings (SSSR count). The number of aryl methyl sites for hydroxylation is 2. The van der Waals surface area contributed by atoms with Crippen LogP contribution in [0.5, 0.6) is 5.75 Å². The number of benzene rings is 1. The number of hydrogen-bond donors (Lipinski definition) is 2. The van der Waals surface area contributed by atoms with Crippen LogP contribution < -0.4 is 10.5 Å². The van der Waals surface area contributed by atoms with Gasteiger partial charge in [-0.25, -0.2) is 0 Å². The molecule has 1 aromatic carbocycles. The van der Waals surface area contributed by atoms with Gasteiger partial charge >= 0.3 is 5.97 Å². The van der Waals surface area contributed by atoms with Crippen LogP contribution in [0, 0.1) is 13.8 Å². The van der Waals surface area contributed by atoms with Gasteiger partial charge in [0.05, 0.1) is 20.3 Å². The van der Waals surface area contributed by atoms with Crippen molar-refractivity contribution in [3.63, 3.8) is 0 Å². The van der Waals surface area contributed by atoms with Crippen molar-refractivity contribution in [3.8, 4) is 5.75 Å². The quantitative estimate of drug-likeness (QED) is 0.774. The highest BCUT2D eigenvalue weighted by Crippen LogP contribution is 2.32. The molecular formula is C15H23NO4. The van der Waals surface area contributed by atoms with E-state index >= 15 is 0 Å². The molecule has 0 spiro atoms. The molecule has 0 aromatic heterocycles. The summed E-state index contributed by atoms with van der Waals surface area (Å²) in [6, 6.07) is 3.29. The SMILES string of the molecule is COC(=O)CCC(N)C(O)c1cc(C)cc(C)c1OC. The van der Waals surface area contributed by atoms with Gasteiger partial charge in [0.15, 0.2) is 0 Å². The second-order valence-electron chi connectivity index (χ2n) is 4.93. The summed E-state index contributed by atoms with van der Waals surface area (Å²) < 4.78 is 9.91. The van der Waals surface area contributed by atoms with Crippen molar-refractivity contribution in [2.45, 2.75) is 38.8 Å². The van der Waals surface area contributed by atoms with Crippen molar-refractivity contribution in [1.29, 1.82) is 0 Å². The van der Waals surface area contributed by atoms with Crippen LogP contribution in [0.4, 0.5) is 0 Å². The maximum absolute atomic E-state index is 11.1. The van der Waals surface area contributed by atoms with Gasteiger partial charge in [0.1, 0.15) is 5.75 Å². The molecule has 0 radical (unpaired) electrons. The largest absolute Gasteiger partial charge is 0.496 e. The molecule has 0 saturated heterocycles. The molecule has 0 aliphatic heterocycles. The monoisotopic (exact) mass is 281 g/mol. The molecule has 0 aliphatic rings. The number of rotatable bonds is 6. The normalized spacial score (nSPS) is 13.7. The molecule has 0 fully saturated rings. The Morgan fingerprint density at radius 2 is 2.00 bits per heavy atom. The predicted octanol–water partition coefficient (Wildman–Crippen LogP) is 1.63. The minimum Gasteiger partial charge on any atom is -0.496 e. The summed E-state index contributed by atoms with van der Waals surface area (Å²) in [7, 11) is 2.89. The van der Waals surface area contributed by atoms with E-state index in [-0.39, 0.29) is 12.4 Å². The van der Waals surface area contributed by atoms with Crippen LogP contribution >= 0.6 is 0 Å². The fourth-order valence-electron chi connectivity index (χ4n) is 2.26. The number of carbonyl (C=O) groups is 1. The Kier molecular flexibility index (Phi) is 5.98. The lowest BCUT2D eigenvalue weighted by Crippen LogP contribution is -2.29. The highest BCUT2D eigenvalue weighted by molar-refractivity contribution is 5.69. The molecule has 0 saturated carbocycles. The van der Waals surface area contributed by atoms with E-state index < -0.39 is 12.1 Å². The average Bonchev–Trinajstić information content (AvgIpc) is 2.42. The number of aliphatic hydroxyl groups is 1. The minimum atomic E-state index is -0.881. The Balaban J connectivity index is 2.90. The number of methoxy groups -OCH3 is 2. The van der Waals surface area contributed by atoms with Gasteiger partial charge in [0.25, 0.3) is 0 Å². The van der Waals surface area contributed by atoms with Crippen LogP contribution in [0.3, 0.4) is 0 Å². The van der Waals surface area contributed by atoms with Gasteiger partial charge in [0.2, 0.25) is 0 Å². The molecule has 20 heavy (non-hydrogen) atoms. The third-order valence-electron chi connectivity index (χ3n) is 3.29. The summed E-state index contributed by atoms with van der Waals surface area (Å²) >= 11 is 0. The standard InChI is InChI=1S/C15H23NO4/c1-9-7-10(2)15(20-4)11(8-9)14(18)12(16)5-6-13(17)19-3/h7-8,12,14,18H,5-6,16H2,1-4H3. The second kappa shape index (κ2) is 7.26. The lowest BCUT2D eigenvalue weighted by molar-refractivity contribution is -0.140. The number of aliphatic hydroxyl groups excluding tert-OH is 1. The lowest BCUT2D eigenvalue weighted by atomic mass is 9.95. The summed E-state index contributed by atoms with van der Waals surface area (Å²) in [4.78, 5) is 11.1. The molecular weight excluding hydrogens is 258 g/mol. The first-order chi connectivity index (χ1) is 9.40. The Hall–Kier alpha value is -1.59. The summed E-state index contributed by atoms with van der Waals surface area (Å²) in [5.74, 6) is 0.302. The van der Waals surface area contributed by atoms with Crippen molar-refractivity contribution in [2.24, 2.45) is 5.73 Å². The molecule has 3 N–H and O–H groups in total. The summed E-state index contributed by atoms with van der Waals surface area (Å²) in [5.41, 5.74) is 8.59. The average molecular weight is 281 g/mol. The van der Waals surface area contributed by atoms with Crippen LogP contribution in [0.1, 0.15) is 35.6 Å². The van der Waals surface area contributed by atoms with Gasteiger partial charge in [-0.15, -0.1) is 0 Å². The smallest absolute Gasteiger partial charge is 0.305 e. The number of carbonyl (C=O) groups excluding carboxylic acids is 1. The van der Waals surface area contributed by atoms with Crippen molar-refractivity contribution < 1.29 is 19.4 Å². The molecule has 2 atom stereocenters. The van der Waals surface area contributed by atoms with E-state index in [0.717, 1.165) is 11.1 Å². The molecule has 0 bridgehead atoms. The van der Waals surface area contributed by atoms with E-state index in [1.54, 1.807) is 7.11 Å². The van der Waals surface area contributed by atoms with E-state index in [0.29, 0.717) is 17.7 Å². The van der Waals surface area contributed by atoms with Gasteiger partial charge in [-0.2, -0.15) is 0 Å². The summed E-state index contributed by atoms with van der Waals surface area (Å²) in [6.07, 6.45) is -0.348. The van der Waals surface area contributed by atoms with Crippen molar-refractivity contribution in [3.05, 3.63) is 28.8 Å². The molecule has 5 heteroatoms. The third kappa shape index (κ3) is 3.95. The molecule has 5 nitrogen and oxygen atoms in total. The third-order valence-corrected chi connectivity index (χ3v) is 3.29. The van der Waals surface area contributed by atoms with Crippen LogP contribution in [-0.4, -0.2) is 31.3 Å². The summed E-state index contributed by atoms with van der Waals surface area (Å²) in [5, 5.41) is 10.4. The predicted molar refractivity (Wildman–Crippen MR) is 76.7 cm³/mol. The number of nitrogens with two attached hydrogens (primary N) is 1. The Bertz CT molecular complexity index is 473. The van der Waals surface area contributed by atoms with E-state index in [4.69, 9.17) is 10.5 Å². The zero-order valence-electron chi connectivity index (χ0n) is 12.5. The first kappa shape index (κ1) is 16.5. The van der Waals surface area contributed by atoms with Crippen LogP contribution in [0.2, 0.25) is 0 Å². The number of hydrogen-bond acceptors (Lipinski definition) is 5. The fourth-order valence-corrected chi connectivity index (χ4v) is 2.26. The summed E-state index contributed by atoms with van der Waals surface area (Å²) in [6.45, 7) is 3.87. The first-order valence-corrected chi connectivity index (χ1v) is 6.56. The minimum absolute atomic E-state index is 0.182. The van der Waals surface area contributed by atoms with E-state index in [1.165, 1.54) is 7.11 Å². The van der Waals surface area contributed by atoms with Gasteiger partial charge < -0.3 is 20.3 Å². The Morgan fingerprint density at radius 1 is 1.35 bits per heavy atom. The van der Waals surface area contributed by atoms with Gasteiger partial charge in [-0.3, -0.25) is 4.79 Å². The molecule has 2 unspecified atom stereocenters. The maximum Gasteiger partial charge on any atom is 0.305 e. The Morgan fingerprint density at radius 3 is 2.55 bits per heavy atom. The van der Waals surface area contributed by atoms with Crippen LogP contribution in [0.15, 0.2) is 12.1 Å². The van der Waals surface area contributed by atoms with E-state index in [1.807, 2.05) is 26.0 Å². The van der Waals surface area contributed by atoms with Gasteiger partial charge in [0, 0.05) is 18.0 Å². The van der Waals surface area contributed by atoms with Crippen LogP contribution in [0.25, 0.3) is 0 Å². The molecule has 0 amide bonds. The Labute approximate surface area is 119 Å². The van der Waals surface area contributed by atoms with Crippen molar-refractivity contribution in [1.82, 2.24) is 0 Å². The van der Waals surface area contributed by atoms with E-state index in [2.05, 4.69) is 4.74 Å². The fraction of sp³-hybridized carbons (Fsp3) is 0.533.